The van der Waals surface area contributed by atoms with E-state index in [-0.39, 0.29) is 5.84 Å². The molecule has 0 aliphatic heterocycles. The van der Waals surface area contributed by atoms with E-state index in [1.54, 1.807) is 0 Å². The Kier molecular flexibility index (Phi) is 5.72. The molecule has 4 nitrogen and oxygen atoms in total. The van der Waals surface area contributed by atoms with Gasteiger partial charge in [0.1, 0.15) is 16.5 Å². The number of thiazole rings is 1. The first kappa shape index (κ1) is 16.2. The van der Waals surface area contributed by atoms with Crippen LogP contribution in [0.25, 0.3) is 12.2 Å². The Balaban J connectivity index is 2.31. The SMILES string of the molecule is C/C=c1/ccn(Cc2nc(C(=N)N)cs2)/c1=C/C=C\CCC. The van der Waals surface area contributed by atoms with Crippen LogP contribution < -0.4 is 16.3 Å². The van der Waals surface area contributed by atoms with Gasteiger partial charge in [-0.25, -0.2) is 4.98 Å². The summed E-state index contributed by atoms with van der Waals surface area (Å²) in [5.41, 5.74) is 6.03. The minimum absolute atomic E-state index is 0.0203. The fourth-order valence-electron chi connectivity index (χ4n) is 2.15. The zero-order valence-electron chi connectivity index (χ0n) is 13.0. The molecule has 0 aromatic carbocycles. The molecule has 3 N–H and O–H groups in total. The van der Waals surface area contributed by atoms with Crippen molar-refractivity contribution in [3.05, 3.63) is 51.1 Å². The first-order valence-electron chi connectivity index (χ1n) is 7.42. The van der Waals surface area contributed by atoms with Crippen molar-refractivity contribution in [1.82, 2.24) is 9.55 Å². The summed E-state index contributed by atoms with van der Waals surface area (Å²) in [7, 11) is 0. The molecular weight excluding hydrogens is 292 g/mol. The van der Waals surface area contributed by atoms with Gasteiger partial charge in [0.25, 0.3) is 0 Å². The topological polar surface area (TPSA) is 67.7 Å². The highest BCUT2D eigenvalue weighted by Crippen LogP contribution is 2.10. The van der Waals surface area contributed by atoms with Gasteiger partial charge in [-0.1, -0.05) is 31.6 Å². The molecule has 0 amide bonds. The monoisotopic (exact) mass is 314 g/mol. The number of amidine groups is 1. The highest BCUT2D eigenvalue weighted by Gasteiger charge is 2.05. The number of nitrogens with one attached hydrogen (secondary N) is 1. The first-order valence-corrected chi connectivity index (χ1v) is 8.30. The van der Waals surface area contributed by atoms with Gasteiger partial charge >= 0.3 is 0 Å². The largest absolute Gasteiger partial charge is 0.382 e. The van der Waals surface area contributed by atoms with Crippen molar-refractivity contribution in [3.63, 3.8) is 0 Å². The number of hydrogen-bond donors (Lipinski definition) is 2. The summed E-state index contributed by atoms with van der Waals surface area (Å²) in [5, 5.41) is 12.6. The van der Waals surface area contributed by atoms with Crippen LogP contribution in [0.2, 0.25) is 0 Å². The third kappa shape index (κ3) is 3.95. The normalized spacial score (nSPS) is 13.4. The molecule has 2 rings (SSSR count). The van der Waals surface area contributed by atoms with Crippen LogP contribution in [-0.2, 0) is 6.54 Å². The van der Waals surface area contributed by atoms with E-state index in [9.17, 15) is 0 Å². The molecule has 0 radical (unpaired) electrons. The molecule has 2 aromatic heterocycles. The highest BCUT2D eigenvalue weighted by atomic mass is 32.1. The Morgan fingerprint density at radius 1 is 1.50 bits per heavy atom. The molecule has 2 heterocycles. The van der Waals surface area contributed by atoms with E-state index in [4.69, 9.17) is 11.1 Å². The Morgan fingerprint density at radius 3 is 2.95 bits per heavy atom. The predicted octanol–water partition coefficient (Wildman–Crippen LogP) is 2.21. The van der Waals surface area contributed by atoms with Crippen LogP contribution in [0, 0.1) is 5.41 Å². The van der Waals surface area contributed by atoms with Gasteiger partial charge in [-0.2, -0.15) is 0 Å². The van der Waals surface area contributed by atoms with Crippen LogP contribution in [0.5, 0.6) is 0 Å². The van der Waals surface area contributed by atoms with E-state index in [2.05, 4.69) is 53.0 Å². The molecule has 0 bridgehead atoms. The average molecular weight is 314 g/mol. The Morgan fingerprint density at radius 2 is 2.32 bits per heavy atom. The van der Waals surface area contributed by atoms with Crippen molar-refractivity contribution in [2.45, 2.75) is 33.2 Å². The third-order valence-electron chi connectivity index (χ3n) is 3.33. The van der Waals surface area contributed by atoms with Gasteiger partial charge in [0.2, 0.25) is 0 Å². The van der Waals surface area contributed by atoms with Gasteiger partial charge in [0.05, 0.1) is 6.54 Å². The van der Waals surface area contributed by atoms with E-state index in [1.807, 2.05) is 12.3 Å². The lowest BCUT2D eigenvalue weighted by Crippen LogP contribution is -2.28. The Labute approximate surface area is 134 Å². The lowest BCUT2D eigenvalue weighted by molar-refractivity contribution is 0.771. The van der Waals surface area contributed by atoms with E-state index in [1.165, 1.54) is 21.9 Å². The van der Waals surface area contributed by atoms with Crippen molar-refractivity contribution in [2.24, 2.45) is 5.73 Å². The number of hydrogen-bond acceptors (Lipinski definition) is 3. The predicted molar refractivity (Wildman–Crippen MR) is 94.6 cm³/mol. The molecule has 0 atom stereocenters. The molecular formula is C17H22N4S. The number of nitrogens with two attached hydrogens (primary N) is 1. The van der Waals surface area contributed by atoms with Crippen LogP contribution >= 0.6 is 11.3 Å². The smallest absolute Gasteiger partial charge is 0.142 e. The zero-order chi connectivity index (χ0) is 15.9. The maximum atomic E-state index is 7.43. The van der Waals surface area contributed by atoms with Crippen molar-refractivity contribution < 1.29 is 0 Å². The minimum atomic E-state index is 0.0203. The van der Waals surface area contributed by atoms with Crippen LogP contribution in [0.4, 0.5) is 0 Å². The lowest BCUT2D eigenvalue weighted by Gasteiger charge is -2.00. The second kappa shape index (κ2) is 7.75. The second-order valence-corrected chi connectivity index (χ2v) is 5.94. The van der Waals surface area contributed by atoms with Crippen molar-refractivity contribution in [2.75, 3.05) is 0 Å². The van der Waals surface area contributed by atoms with Crippen LogP contribution in [0.15, 0.2) is 29.8 Å². The molecule has 22 heavy (non-hydrogen) atoms. The molecule has 0 unspecified atom stereocenters. The summed E-state index contributed by atoms with van der Waals surface area (Å²) >= 11 is 1.54. The molecule has 2 aromatic rings. The van der Waals surface area contributed by atoms with Gasteiger partial charge in [-0.05, 0) is 30.7 Å². The van der Waals surface area contributed by atoms with Crippen molar-refractivity contribution in [1.29, 1.82) is 5.41 Å². The molecule has 5 heteroatoms. The summed E-state index contributed by atoms with van der Waals surface area (Å²) in [6, 6.07) is 2.11. The highest BCUT2D eigenvalue weighted by molar-refractivity contribution is 7.09. The van der Waals surface area contributed by atoms with Gasteiger partial charge in [0.15, 0.2) is 0 Å². The number of nitrogen functional groups attached to an aromatic ring is 1. The van der Waals surface area contributed by atoms with E-state index >= 15 is 0 Å². The summed E-state index contributed by atoms with van der Waals surface area (Å²) in [5.74, 6) is 0.0203. The fourth-order valence-corrected chi connectivity index (χ4v) is 2.94. The number of aromatic nitrogens is 2. The van der Waals surface area contributed by atoms with E-state index < -0.39 is 0 Å². The van der Waals surface area contributed by atoms with Crippen LogP contribution in [0.3, 0.4) is 0 Å². The second-order valence-electron chi connectivity index (χ2n) is 5.00. The molecule has 116 valence electrons. The van der Waals surface area contributed by atoms with Crippen LogP contribution in [0.1, 0.15) is 37.4 Å². The Hall–Kier alpha value is -2.14. The molecule has 0 aliphatic rings. The number of nitrogens with zero attached hydrogens (tertiary/aromatic N) is 2. The number of unbranched alkanes of at least 4 members (excludes halogenated alkanes) is 1. The molecule has 0 saturated heterocycles. The lowest BCUT2D eigenvalue weighted by atomic mass is 10.3. The van der Waals surface area contributed by atoms with Gasteiger partial charge < -0.3 is 10.3 Å². The summed E-state index contributed by atoms with van der Waals surface area (Å²) in [6.07, 6.45) is 12.9. The molecule has 0 spiro atoms. The number of rotatable bonds is 6. The third-order valence-corrected chi connectivity index (χ3v) is 4.16. The molecule has 0 fully saturated rings. The maximum absolute atomic E-state index is 7.43. The van der Waals surface area contributed by atoms with E-state index in [0.717, 1.165) is 17.8 Å². The molecule has 0 saturated carbocycles. The van der Waals surface area contributed by atoms with E-state index in [0.29, 0.717) is 12.2 Å². The minimum Gasteiger partial charge on any atom is -0.382 e. The summed E-state index contributed by atoms with van der Waals surface area (Å²) in [6.45, 7) is 4.91. The summed E-state index contributed by atoms with van der Waals surface area (Å²) < 4.78 is 2.17. The van der Waals surface area contributed by atoms with Gasteiger partial charge in [-0.3, -0.25) is 5.41 Å². The van der Waals surface area contributed by atoms with Gasteiger partial charge in [0, 0.05) is 16.9 Å². The Bertz CT molecular complexity index is 780. The first-order chi connectivity index (χ1) is 10.7. The standard InChI is InChI=1S/C17H22N4S/c1-3-5-6-7-8-15-13(4-2)9-10-21(15)11-16-20-14(12-22-16)17(18)19/h4,6-10,12H,3,5,11H2,1-2H3,(H3,18,19)/b7-6-,13-4-,15-8+. The maximum Gasteiger partial charge on any atom is 0.142 e. The van der Waals surface area contributed by atoms with Crippen LogP contribution in [-0.4, -0.2) is 15.4 Å². The molecule has 0 aliphatic carbocycles. The number of allylic oxidation sites excluding steroid dienone is 2. The van der Waals surface area contributed by atoms with Crippen molar-refractivity contribution >= 4 is 29.3 Å². The zero-order valence-corrected chi connectivity index (χ0v) is 13.9. The van der Waals surface area contributed by atoms with Crippen molar-refractivity contribution in [3.8, 4) is 0 Å². The fraction of sp³-hybridized carbons (Fsp3) is 0.294. The average Bonchev–Trinajstić information content (AvgIpc) is 3.11. The summed E-state index contributed by atoms with van der Waals surface area (Å²) in [4.78, 5) is 4.40. The quantitative estimate of drug-likeness (QED) is 0.634. The van der Waals surface area contributed by atoms with Gasteiger partial charge in [-0.15, -0.1) is 11.3 Å².